The molecule has 3 rings (SSSR count). The molecule has 0 aromatic carbocycles. The first-order valence-corrected chi connectivity index (χ1v) is 4.32. The number of phosphoric acid groups is 1. The highest BCUT2D eigenvalue weighted by atomic mass is 31.2. The minimum absolute atomic E-state index is 0.244. The molecule has 6 heteroatoms. The fraction of sp³-hybridized carbons (Fsp3) is 0.500. The Bertz CT molecular complexity index is 236. The lowest BCUT2D eigenvalue weighted by Gasteiger charge is -2.15. The zero-order valence-electron chi connectivity index (χ0n) is 5.07. The molecule has 0 aromatic rings. The fourth-order valence-corrected chi connectivity index (χ4v) is 1.93. The second-order valence-electron chi connectivity index (χ2n) is 1.97. The normalized spacial score (nSPS) is 24.5. The number of phosphoric ester groups is 1. The van der Waals surface area contributed by atoms with E-state index in [1.165, 1.54) is 0 Å². The molecule has 0 aliphatic carbocycles. The molecule has 56 valence electrons. The van der Waals surface area contributed by atoms with Crippen LogP contribution in [0.1, 0.15) is 6.42 Å². The van der Waals surface area contributed by atoms with E-state index in [-0.39, 0.29) is 5.95 Å². The van der Waals surface area contributed by atoms with E-state index in [0.717, 1.165) is 0 Å². The Labute approximate surface area is 57.4 Å². The van der Waals surface area contributed by atoms with E-state index >= 15 is 0 Å². The zero-order valence-corrected chi connectivity index (χ0v) is 5.97. The Morgan fingerprint density at radius 3 is 2.50 bits per heavy atom. The molecular weight excluding hydrogens is 157 g/mol. The van der Waals surface area contributed by atoms with Gasteiger partial charge in [-0.2, -0.15) is 4.57 Å². The molecule has 0 spiro atoms. The summed E-state index contributed by atoms with van der Waals surface area (Å²) in [5.74, 6) is 0.722. The molecule has 1 saturated heterocycles. The molecule has 0 aromatic heterocycles. The fourth-order valence-electron chi connectivity index (χ4n) is 0.800. The van der Waals surface area contributed by atoms with E-state index < -0.39 is 7.82 Å². The molecule has 2 N–H and O–H groups in total. The van der Waals surface area contributed by atoms with Crippen molar-refractivity contribution in [2.24, 2.45) is 5.73 Å². The largest absolute Gasteiger partial charge is 0.651 e. The molecule has 5 nitrogen and oxygen atoms in total. The third kappa shape index (κ3) is 0.646. The number of rotatable bonds is 2. The third-order valence-corrected chi connectivity index (χ3v) is 2.43. The van der Waals surface area contributed by atoms with Crippen LogP contribution in [0.3, 0.4) is 0 Å². The van der Waals surface area contributed by atoms with E-state index in [2.05, 4.69) is 9.05 Å². The van der Waals surface area contributed by atoms with Crippen molar-refractivity contribution in [3.63, 3.8) is 0 Å². The Hall–Kier alpha value is -0.670. The highest BCUT2D eigenvalue weighted by Crippen LogP contribution is 2.70. The van der Waals surface area contributed by atoms with Crippen LogP contribution in [0.4, 0.5) is 0 Å². The van der Waals surface area contributed by atoms with Crippen LogP contribution in [0.5, 0.6) is 0 Å². The Balaban J connectivity index is 2.13. The standard InChI is InChI=1S/C4H6NO4P/c5-2-1-3-4-8-10(6,7-3)9-4/h1-2,5H2. The number of fused-ring (bicyclic) bond motifs is 1. The van der Waals surface area contributed by atoms with E-state index in [0.29, 0.717) is 18.7 Å². The van der Waals surface area contributed by atoms with Gasteiger partial charge in [0, 0.05) is 6.42 Å². The summed E-state index contributed by atoms with van der Waals surface area (Å²) in [4.78, 5) is 0. The van der Waals surface area contributed by atoms with Gasteiger partial charge in [-0.05, 0) is 6.54 Å². The van der Waals surface area contributed by atoms with Gasteiger partial charge in [0.2, 0.25) is 0 Å². The molecule has 0 radical (unpaired) electrons. The van der Waals surface area contributed by atoms with Crippen LogP contribution < -0.4 is 5.73 Å². The average Bonchev–Trinajstić information content (AvgIpc) is 2.20. The van der Waals surface area contributed by atoms with Crippen molar-refractivity contribution < 1.29 is 18.1 Å². The Kier molecular flexibility index (Phi) is 1.02. The van der Waals surface area contributed by atoms with Gasteiger partial charge in [-0.1, -0.05) is 0 Å². The number of hydrogen-bond donors (Lipinski definition) is 1. The van der Waals surface area contributed by atoms with Crippen molar-refractivity contribution in [2.75, 3.05) is 6.54 Å². The van der Waals surface area contributed by atoms with Gasteiger partial charge in [-0.25, -0.2) is 0 Å². The van der Waals surface area contributed by atoms with Crippen molar-refractivity contribution in [1.82, 2.24) is 0 Å². The molecule has 0 unspecified atom stereocenters. The molecule has 3 aliphatic rings. The number of hydrogen-bond acceptors (Lipinski definition) is 5. The third-order valence-electron chi connectivity index (χ3n) is 1.21. The molecule has 2 bridgehead atoms. The molecule has 1 fully saturated rings. The van der Waals surface area contributed by atoms with Gasteiger partial charge in [-0.3, -0.25) is 0 Å². The van der Waals surface area contributed by atoms with Gasteiger partial charge in [0.1, 0.15) is 0 Å². The molecular formula is C4H6NO4P. The highest BCUT2D eigenvalue weighted by molar-refractivity contribution is 7.50. The van der Waals surface area contributed by atoms with Crippen LogP contribution in [0, 0.1) is 0 Å². The highest BCUT2D eigenvalue weighted by Gasteiger charge is 2.55. The predicted molar refractivity (Wildman–Crippen MR) is 31.6 cm³/mol. The summed E-state index contributed by atoms with van der Waals surface area (Å²) in [6, 6.07) is 0. The minimum Gasteiger partial charge on any atom is -0.383 e. The van der Waals surface area contributed by atoms with E-state index in [9.17, 15) is 4.57 Å². The lowest BCUT2D eigenvalue weighted by Crippen LogP contribution is -2.01. The lowest BCUT2D eigenvalue weighted by molar-refractivity contribution is 0.0985. The summed E-state index contributed by atoms with van der Waals surface area (Å²) in [7, 11) is -3.12. The quantitative estimate of drug-likeness (QED) is 0.606. The maximum absolute atomic E-state index is 10.8. The van der Waals surface area contributed by atoms with Crippen LogP contribution in [0.25, 0.3) is 0 Å². The summed E-state index contributed by atoms with van der Waals surface area (Å²) in [5, 5.41) is 0. The zero-order chi connectivity index (χ0) is 7.19. The molecule has 0 amide bonds. The van der Waals surface area contributed by atoms with Crippen LogP contribution in [0.2, 0.25) is 0 Å². The average molecular weight is 163 g/mol. The van der Waals surface area contributed by atoms with Crippen LogP contribution >= 0.6 is 7.82 Å². The first-order valence-electron chi connectivity index (χ1n) is 2.85. The van der Waals surface area contributed by atoms with Crippen molar-refractivity contribution >= 4 is 7.82 Å². The Morgan fingerprint density at radius 2 is 2.10 bits per heavy atom. The maximum Gasteiger partial charge on any atom is 0.651 e. The summed E-state index contributed by atoms with van der Waals surface area (Å²) >= 11 is 0. The summed E-state index contributed by atoms with van der Waals surface area (Å²) in [6.45, 7) is 0.436. The van der Waals surface area contributed by atoms with Crippen LogP contribution in [0.15, 0.2) is 11.7 Å². The molecule has 10 heavy (non-hydrogen) atoms. The summed E-state index contributed by atoms with van der Waals surface area (Å²) < 4.78 is 24.9. The van der Waals surface area contributed by atoms with Crippen molar-refractivity contribution in [3.05, 3.63) is 11.7 Å². The molecule has 0 atom stereocenters. The van der Waals surface area contributed by atoms with E-state index in [1.807, 2.05) is 0 Å². The van der Waals surface area contributed by atoms with Crippen LogP contribution in [-0.4, -0.2) is 6.54 Å². The lowest BCUT2D eigenvalue weighted by atomic mass is 10.4. The second-order valence-corrected chi connectivity index (χ2v) is 3.41. The van der Waals surface area contributed by atoms with Gasteiger partial charge in [0.15, 0.2) is 5.76 Å². The van der Waals surface area contributed by atoms with E-state index in [1.54, 1.807) is 0 Å². The monoisotopic (exact) mass is 163 g/mol. The topological polar surface area (TPSA) is 70.8 Å². The SMILES string of the molecule is NCCC1=C2OP(=O)(O1)O2. The number of nitrogens with two attached hydrogens (primary N) is 1. The van der Waals surface area contributed by atoms with Crippen molar-refractivity contribution in [3.8, 4) is 0 Å². The van der Waals surface area contributed by atoms with Crippen molar-refractivity contribution in [1.29, 1.82) is 0 Å². The predicted octanol–water partition coefficient (Wildman–Crippen LogP) is 0.689. The summed E-state index contributed by atoms with van der Waals surface area (Å²) in [6.07, 6.45) is 0.513. The van der Waals surface area contributed by atoms with Gasteiger partial charge >= 0.3 is 13.8 Å². The second kappa shape index (κ2) is 1.68. The van der Waals surface area contributed by atoms with Gasteiger partial charge in [-0.15, -0.1) is 0 Å². The van der Waals surface area contributed by atoms with E-state index in [4.69, 9.17) is 10.3 Å². The van der Waals surface area contributed by atoms with Gasteiger partial charge in [0.05, 0.1) is 0 Å². The Morgan fingerprint density at radius 1 is 1.40 bits per heavy atom. The summed E-state index contributed by atoms with van der Waals surface area (Å²) in [5.41, 5.74) is 5.22. The first-order chi connectivity index (χ1) is 4.73. The molecule has 3 heterocycles. The smallest absolute Gasteiger partial charge is 0.383 e. The maximum atomic E-state index is 10.8. The van der Waals surface area contributed by atoms with Gasteiger partial charge in [0.25, 0.3) is 0 Å². The van der Waals surface area contributed by atoms with Crippen molar-refractivity contribution in [2.45, 2.75) is 6.42 Å². The minimum atomic E-state index is -3.12. The first kappa shape index (κ1) is 6.07. The molecule has 0 saturated carbocycles. The van der Waals surface area contributed by atoms with Crippen LogP contribution in [-0.2, 0) is 18.1 Å². The molecule has 3 aliphatic heterocycles. The van der Waals surface area contributed by atoms with Gasteiger partial charge < -0.3 is 19.3 Å².